The van der Waals surface area contributed by atoms with Gasteiger partial charge in [-0.2, -0.15) is 0 Å². The van der Waals surface area contributed by atoms with E-state index in [1.54, 1.807) is 0 Å². The van der Waals surface area contributed by atoms with Gasteiger partial charge in [0.05, 0.1) is 0 Å². The van der Waals surface area contributed by atoms with Crippen LogP contribution in [0.3, 0.4) is 0 Å². The Labute approximate surface area is 107 Å². The van der Waals surface area contributed by atoms with Crippen LogP contribution >= 0.6 is 7.82 Å². The van der Waals surface area contributed by atoms with Crippen LogP contribution < -0.4 is 18.5 Å². The minimum atomic E-state index is -4.64. The SMILES string of the molecule is N.N.N.O=C(O)O.O=P(O)(O)O.[Ca+2].[H-].[H-]. The van der Waals surface area contributed by atoms with Crippen molar-refractivity contribution in [2.24, 2.45) is 0 Å². The number of carbonyl (C=O) groups is 1. The van der Waals surface area contributed by atoms with Crippen LogP contribution in [0.15, 0.2) is 0 Å². The van der Waals surface area contributed by atoms with Crippen LogP contribution in [0.4, 0.5) is 4.79 Å². The van der Waals surface area contributed by atoms with Gasteiger partial charge in [-0.05, 0) is 0 Å². The Hall–Kier alpha value is 0.520. The van der Waals surface area contributed by atoms with E-state index < -0.39 is 14.0 Å². The van der Waals surface area contributed by atoms with E-state index in [0.717, 1.165) is 0 Å². The van der Waals surface area contributed by atoms with Crippen LogP contribution in [-0.2, 0) is 4.57 Å². The Morgan fingerprint density at radius 3 is 1.00 bits per heavy atom. The van der Waals surface area contributed by atoms with Crippen molar-refractivity contribution >= 4 is 51.7 Å². The van der Waals surface area contributed by atoms with Crippen molar-refractivity contribution in [3.05, 3.63) is 0 Å². The number of phosphoric acid groups is 1. The maximum absolute atomic E-state index is 8.88. The maximum atomic E-state index is 8.88. The van der Waals surface area contributed by atoms with Gasteiger partial charge in [-0.1, -0.05) is 0 Å². The summed E-state index contributed by atoms with van der Waals surface area (Å²) in [5, 5.41) is 13.9. The molecule has 0 atom stereocenters. The van der Waals surface area contributed by atoms with E-state index in [0.29, 0.717) is 0 Å². The van der Waals surface area contributed by atoms with E-state index in [2.05, 4.69) is 0 Å². The third-order valence-electron chi connectivity index (χ3n) is 0. The van der Waals surface area contributed by atoms with Crippen molar-refractivity contribution in [2.45, 2.75) is 0 Å². The Morgan fingerprint density at radius 2 is 1.00 bits per heavy atom. The standard InChI is InChI=1S/CH2O3.Ca.3H3N.H3O4P.2H/c2-1(3)4;;;;;1-5(2,3)4;;/h(H2,2,3,4);;3*1H3;(H3,1,2,3,4);;/q;+2;;;;;2*-1. The predicted octanol–water partition coefficient (Wildman–Crippen LogP) is -0.376. The van der Waals surface area contributed by atoms with Crippen LogP contribution in [-0.4, -0.2) is 68.8 Å². The summed E-state index contributed by atoms with van der Waals surface area (Å²) < 4.78 is 8.88. The minimum Gasteiger partial charge on any atom is -1.00 e. The number of rotatable bonds is 0. The molecule has 10 nitrogen and oxygen atoms in total. The smallest absolute Gasteiger partial charge is 1.00 e. The Morgan fingerprint density at radius 1 is 1.00 bits per heavy atom. The molecule has 0 radical (unpaired) electrons. The van der Waals surface area contributed by atoms with E-state index in [4.69, 9.17) is 34.3 Å². The molecule has 0 fully saturated rings. The Kier molecular flexibility index (Phi) is 52.8. The van der Waals surface area contributed by atoms with E-state index in [1.807, 2.05) is 0 Å². The van der Waals surface area contributed by atoms with E-state index in [-0.39, 0.29) is 59.0 Å². The van der Waals surface area contributed by atoms with Gasteiger partial charge in [0, 0.05) is 0 Å². The van der Waals surface area contributed by atoms with Gasteiger partial charge in [-0.3, -0.25) is 0 Å². The van der Waals surface area contributed by atoms with Crippen molar-refractivity contribution in [3.63, 3.8) is 0 Å². The first kappa shape index (κ1) is 37.5. The fourth-order valence-corrected chi connectivity index (χ4v) is 0. The largest absolute Gasteiger partial charge is 2.00 e. The number of hydrogen-bond acceptors (Lipinski definition) is 5. The van der Waals surface area contributed by atoms with Crippen molar-refractivity contribution < 1.29 is 37.1 Å². The summed E-state index contributed by atoms with van der Waals surface area (Å²) in [6.45, 7) is 0. The van der Waals surface area contributed by atoms with Gasteiger partial charge >= 0.3 is 51.7 Å². The minimum absolute atomic E-state index is 0. The molecule has 0 aliphatic carbocycles. The van der Waals surface area contributed by atoms with Crippen LogP contribution in [0.5, 0.6) is 0 Å². The molecule has 0 amide bonds. The summed E-state index contributed by atoms with van der Waals surface area (Å²) >= 11 is 0. The molecule has 0 heterocycles. The molecule has 0 spiro atoms. The van der Waals surface area contributed by atoms with E-state index in [9.17, 15) is 0 Å². The molecule has 0 bridgehead atoms. The third-order valence-corrected chi connectivity index (χ3v) is 0. The van der Waals surface area contributed by atoms with Gasteiger partial charge in [0.15, 0.2) is 0 Å². The molecule has 0 aromatic rings. The topological polar surface area (TPSA) is 240 Å². The molecule has 0 aliphatic rings. The number of carboxylic acid groups (broad SMARTS) is 2. The van der Waals surface area contributed by atoms with Gasteiger partial charge in [0.1, 0.15) is 0 Å². The molecule has 13 heavy (non-hydrogen) atoms. The molecule has 0 rings (SSSR count). The summed E-state index contributed by atoms with van der Waals surface area (Å²) in [5.74, 6) is 0. The van der Waals surface area contributed by atoms with Crippen LogP contribution in [0.1, 0.15) is 2.85 Å². The summed E-state index contributed by atoms with van der Waals surface area (Å²) in [4.78, 5) is 30.1. The second-order valence-electron chi connectivity index (χ2n) is 0.796. The van der Waals surface area contributed by atoms with Crippen LogP contribution in [0.25, 0.3) is 0 Å². The average Bonchev–Trinajstić information content (AvgIpc) is 1.19. The monoisotopic (exact) mass is 253 g/mol. The molecule has 84 valence electrons. The van der Waals surface area contributed by atoms with Crippen molar-refractivity contribution in [1.82, 2.24) is 18.5 Å². The fourth-order valence-electron chi connectivity index (χ4n) is 0. The predicted molar refractivity (Wildman–Crippen MR) is 48.0 cm³/mol. The first-order valence-electron chi connectivity index (χ1n) is 1.43. The zero-order chi connectivity index (χ0) is 8.08. The zero-order valence-corrected chi connectivity index (χ0v) is 9.93. The third kappa shape index (κ3) is 5130. The fraction of sp³-hybridized carbons (Fsp3) is 0. The van der Waals surface area contributed by atoms with Gasteiger partial charge in [-0.15, -0.1) is 0 Å². The van der Waals surface area contributed by atoms with Crippen LogP contribution in [0.2, 0.25) is 0 Å². The second kappa shape index (κ2) is 18.3. The van der Waals surface area contributed by atoms with Crippen molar-refractivity contribution in [3.8, 4) is 0 Å². The Bertz CT molecular complexity index is 132. The van der Waals surface area contributed by atoms with Gasteiger partial charge < -0.3 is 46.2 Å². The quantitative estimate of drug-likeness (QED) is 0.205. The summed E-state index contributed by atoms with van der Waals surface area (Å²) in [5.41, 5.74) is 0. The summed E-state index contributed by atoms with van der Waals surface area (Å²) in [6.07, 6.45) is -1.83. The second-order valence-corrected chi connectivity index (χ2v) is 1.82. The zero-order valence-electron chi connectivity index (χ0n) is 8.83. The summed E-state index contributed by atoms with van der Waals surface area (Å²) in [7, 11) is -4.64. The molecule has 14 N–H and O–H groups in total. The van der Waals surface area contributed by atoms with Crippen LogP contribution in [0, 0.1) is 0 Å². The van der Waals surface area contributed by atoms with Gasteiger partial charge in [0.25, 0.3) is 0 Å². The average molecular weight is 253 g/mol. The molecular weight excluding hydrogens is 237 g/mol. The first-order chi connectivity index (χ1) is 3.73. The van der Waals surface area contributed by atoms with Gasteiger partial charge in [0.2, 0.25) is 0 Å². The van der Waals surface area contributed by atoms with Crippen molar-refractivity contribution in [1.29, 1.82) is 0 Å². The summed E-state index contributed by atoms with van der Waals surface area (Å²) in [6, 6.07) is 0. The first-order valence-corrected chi connectivity index (χ1v) is 3.00. The molecule has 0 aromatic carbocycles. The molecule has 0 saturated carbocycles. The number of hydrogen-bond donors (Lipinski definition) is 8. The Balaban J connectivity index is -0.00000000785. The maximum Gasteiger partial charge on any atom is 2.00 e. The molecule has 0 aromatic heterocycles. The van der Waals surface area contributed by atoms with Crippen molar-refractivity contribution in [2.75, 3.05) is 0 Å². The van der Waals surface area contributed by atoms with E-state index in [1.165, 1.54) is 0 Å². The normalized spacial score (nSPS) is 6.38. The van der Waals surface area contributed by atoms with Gasteiger partial charge in [-0.25, -0.2) is 9.36 Å². The molecule has 0 saturated heterocycles. The molecule has 12 heteroatoms. The van der Waals surface area contributed by atoms with E-state index >= 15 is 0 Å². The molecular formula is CH16CaN3O7P. The molecule has 0 unspecified atom stereocenters. The molecule has 0 aliphatic heterocycles.